The van der Waals surface area contributed by atoms with Crippen LogP contribution in [0.1, 0.15) is 26.3 Å². The third-order valence-electron chi connectivity index (χ3n) is 4.13. The molecular formula is C21H28N2O5S. The number of benzene rings is 2. The summed E-state index contributed by atoms with van der Waals surface area (Å²) in [5, 5.41) is 2.80. The summed E-state index contributed by atoms with van der Waals surface area (Å²) in [6.07, 6.45) is 1.12. The number of carbonyl (C=O) groups is 1. The lowest BCUT2D eigenvalue weighted by atomic mass is 10.2. The van der Waals surface area contributed by atoms with Crippen molar-refractivity contribution in [1.82, 2.24) is 5.32 Å². The van der Waals surface area contributed by atoms with Crippen LogP contribution in [0, 0.1) is 0 Å². The third kappa shape index (κ3) is 6.39. The molecule has 0 fully saturated rings. The van der Waals surface area contributed by atoms with E-state index in [-0.39, 0.29) is 12.6 Å². The highest BCUT2D eigenvalue weighted by molar-refractivity contribution is 7.92. The minimum Gasteiger partial charge on any atom is -0.497 e. The number of rotatable bonds is 9. The molecule has 0 aliphatic rings. The Morgan fingerprint density at radius 1 is 1.07 bits per heavy atom. The van der Waals surface area contributed by atoms with Crippen molar-refractivity contribution in [3.63, 3.8) is 0 Å². The van der Waals surface area contributed by atoms with Gasteiger partial charge in [0.1, 0.15) is 17.5 Å². The number of nitrogens with one attached hydrogen (secondary N) is 1. The number of nitrogens with zero attached hydrogens (tertiary/aromatic N) is 1. The van der Waals surface area contributed by atoms with Gasteiger partial charge in [-0.15, -0.1) is 0 Å². The van der Waals surface area contributed by atoms with Gasteiger partial charge < -0.3 is 14.8 Å². The van der Waals surface area contributed by atoms with E-state index in [0.717, 1.165) is 16.1 Å². The van der Waals surface area contributed by atoms with Crippen molar-refractivity contribution in [2.45, 2.75) is 39.5 Å². The third-order valence-corrected chi connectivity index (χ3v) is 5.37. The number of sulfonamides is 1. The van der Waals surface area contributed by atoms with Gasteiger partial charge in [-0.05, 0) is 50.6 Å². The SMILES string of the molecule is COc1cccc(N([C@@H](C)C(=O)NCc2cccc(OC(C)C)c2)S(C)(=O)=O)c1. The molecule has 0 unspecified atom stereocenters. The number of methoxy groups -OCH3 is 1. The van der Waals surface area contributed by atoms with Crippen molar-refractivity contribution < 1.29 is 22.7 Å². The van der Waals surface area contributed by atoms with E-state index in [1.54, 1.807) is 31.2 Å². The van der Waals surface area contributed by atoms with E-state index in [1.165, 1.54) is 7.11 Å². The second kappa shape index (κ2) is 9.65. The van der Waals surface area contributed by atoms with Crippen molar-refractivity contribution >= 4 is 21.6 Å². The summed E-state index contributed by atoms with van der Waals surface area (Å²) in [5.41, 5.74) is 1.22. The number of anilines is 1. The Balaban J connectivity index is 2.15. The highest BCUT2D eigenvalue weighted by atomic mass is 32.2. The fraction of sp³-hybridized carbons (Fsp3) is 0.381. The molecule has 0 aliphatic carbocycles. The first kappa shape index (κ1) is 22.5. The summed E-state index contributed by atoms with van der Waals surface area (Å²) < 4.78 is 36.7. The van der Waals surface area contributed by atoms with Gasteiger partial charge in [0.2, 0.25) is 15.9 Å². The number of hydrogen-bond donors (Lipinski definition) is 1. The predicted molar refractivity (Wildman–Crippen MR) is 114 cm³/mol. The maximum atomic E-state index is 12.7. The second-order valence-corrected chi connectivity index (χ2v) is 8.83. The van der Waals surface area contributed by atoms with Gasteiger partial charge in [0.25, 0.3) is 0 Å². The van der Waals surface area contributed by atoms with Gasteiger partial charge in [-0.2, -0.15) is 0 Å². The molecule has 2 aromatic carbocycles. The zero-order chi connectivity index (χ0) is 21.6. The molecule has 1 atom stereocenters. The zero-order valence-corrected chi connectivity index (χ0v) is 18.2. The summed E-state index contributed by atoms with van der Waals surface area (Å²) in [4.78, 5) is 12.7. The molecule has 2 rings (SSSR count). The summed E-state index contributed by atoms with van der Waals surface area (Å²) in [5.74, 6) is 0.813. The average Bonchev–Trinajstić information content (AvgIpc) is 2.65. The Bertz CT molecular complexity index is 944. The molecule has 7 nitrogen and oxygen atoms in total. The maximum Gasteiger partial charge on any atom is 0.243 e. The molecule has 158 valence electrons. The van der Waals surface area contributed by atoms with E-state index in [4.69, 9.17) is 9.47 Å². The molecule has 1 N–H and O–H groups in total. The van der Waals surface area contributed by atoms with E-state index in [0.29, 0.717) is 17.2 Å². The fourth-order valence-corrected chi connectivity index (χ4v) is 4.06. The molecule has 0 heterocycles. The lowest BCUT2D eigenvalue weighted by molar-refractivity contribution is -0.122. The van der Waals surface area contributed by atoms with Crippen LogP contribution in [0.3, 0.4) is 0 Å². The van der Waals surface area contributed by atoms with Gasteiger partial charge in [-0.25, -0.2) is 8.42 Å². The van der Waals surface area contributed by atoms with Crippen molar-refractivity contribution in [2.24, 2.45) is 0 Å². The quantitative estimate of drug-likeness (QED) is 0.674. The second-order valence-electron chi connectivity index (χ2n) is 6.97. The van der Waals surface area contributed by atoms with E-state index in [2.05, 4.69) is 5.32 Å². The Morgan fingerprint density at radius 2 is 1.72 bits per heavy atom. The average molecular weight is 421 g/mol. The lowest BCUT2D eigenvalue weighted by Crippen LogP contribution is -2.47. The van der Waals surface area contributed by atoms with Crippen LogP contribution in [0.5, 0.6) is 11.5 Å². The highest BCUT2D eigenvalue weighted by Gasteiger charge is 2.29. The molecule has 0 bridgehead atoms. The monoisotopic (exact) mass is 420 g/mol. The fourth-order valence-electron chi connectivity index (χ4n) is 2.89. The normalized spacial score (nSPS) is 12.3. The number of carbonyl (C=O) groups excluding carboxylic acids is 1. The molecule has 0 aliphatic heterocycles. The summed E-state index contributed by atoms with van der Waals surface area (Å²) >= 11 is 0. The molecule has 29 heavy (non-hydrogen) atoms. The Labute approximate surface area is 172 Å². The minimum atomic E-state index is -3.69. The molecule has 1 amide bonds. The van der Waals surface area contributed by atoms with Crippen LogP contribution in [0.2, 0.25) is 0 Å². The Hall–Kier alpha value is -2.74. The van der Waals surface area contributed by atoms with Gasteiger partial charge in [0, 0.05) is 12.6 Å². The zero-order valence-electron chi connectivity index (χ0n) is 17.4. The van der Waals surface area contributed by atoms with Crippen LogP contribution in [0.25, 0.3) is 0 Å². The van der Waals surface area contributed by atoms with Crippen LogP contribution in [-0.2, 0) is 21.4 Å². The largest absolute Gasteiger partial charge is 0.497 e. The first-order valence-corrected chi connectivity index (χ1v) is 11.1. The highest BCUT2D eigenvalue weighted by Crippen LogP contribution is 2.25. The van der Waals surface area contributed by atoms with Crippen LogP contribution in [0.15, 0.2) is 48.5 Å². The smallest absolute Gasteiger partial charge is 0.243 e. The van der Waals surface area contributed by atoms with Crippen molar-refractivity contribution in [3.05, 3.63) is 54.1 Å². The predicted octanol–water partition coefficient (Wildman–Crippen LogP) is 2.95. The molecule has 0 saturated carbocycles. The van der Waals surface area contributed by atoms with Crippen molar-refractivity contribution in [3.8, 4) is 11.5 Å². The standard InChI is InChI=1S/C21H28N2O5S/c1-15(2)28-20-11-6-8-17(12-20)14-22-21(24)16(3)23(29(5,25)26)18-9-7-10-19(13-18)27-4/h6-13,15-16H,14H2,1-5H3,(H,22,24)/t16-/m0/s1. The van der Waals surface area contributed by atoms with E-state index in [9.17, 15) is 13.2 Å². The molecule has 0 radical (unpaired) electrons. The minimum absolute atomic E-state index is 0.0473. The first-order valence-electron chi connectivity index (χ1n) is 9.28. The Kier molecular flexibility index (Phi) is 7.50. The topological polar surface area (TPSA) is 84.9 Å². The van der Waals surface area contributed by atoms with Crippen LogP contribution < -0.4 is 19.1 Å². The summed E-state index contributed by atoms with van der Waals surface area (Å²) in [7, 11) is -2.20. The molecule has 0 saturated heterocycles. The number of hydrogen-bond acceptors (Lipinski definition) is 5. The van der Waals surface area contributed by atoms with Gasteiger partial charge in [-0.3, -0.25) is 9.10 Å². The van der Waals surface area contributed by atoms with Crippen LogP contribution >= 0.6 is 0 Å². The molecule has 2 aromatic rings. The van der Waals surface area contributed by atoms with E-state index in [1.807, 2.05) is 38.1 Å². The molecule has 0 aromatic heterocycles. The van der Waals surface area contributed by atoms with Crippen molar-refractivity contribution in [1.29, 1.82) is 0 Å². The van der Waals surface area contributed by atoms with Crippen LogP contribution in [0.4, 0.5) is 5.69 Å². The molecular weight excluding hydrogens is 392 g/mol. The number of amides is 1. The van der Waals surface area contributed by atoms with Crippen molar-refractivity contribution in [2.75, 3.05) is 17.7 Å². The lowest BCUT2D eigenvalue weighted by Gasteiger charge is -2.28. The van der Waals surface area contributed by atoms with Gasteiger partial charge in [-0.1, -0.05) is 18.2 Å². The molecule has 8 heteroatoms. The van der Waals surface area contributed by atoms with Gasteiger partial charge >= 0.3 is 0 Å². The van der Waals surface area contributed by atoms with E-state index >= 15 is 0 Å². The maximum absolute atomic E-state index is 12.7. The number of ether oxygens (including phenoxy) is 2. The first-order chi connectivity index (χ1) is 13.6. The van der Waals surface area contributed by atoms with Gasteiger partial charge in [0.05, 0.1) is 25.2 Å². The van der Waals surface area contributed by atoms with E-state index < -0.39 is 22.0 Å². The van der Waals surface area contributed by atoms with Crippen LogP contribution in [-0.4, -0.2) is 39.8 Å². The Morgan fingerprint density at radius 3 is 2.34 bits per heavy atom. The summed E-state index contributed by atoms with van der Waals surface area (Å²) in [6, 6.07) is 13.1. The summed E-state index contributed by atoms with van der Waals surface area (Å²) in [6.45, 7) is 5.69. The molecule has 0 spiro atoms. The van der Waals surface area contributed by atoms with Gasteiger partial charge in [0.15, 0.2) is 0 Å².